The van der Waals surface area contributed by atoms with Gasteiger partial charge in [0.25, 0.3) is 0 Å². The van der Waals surface area contributed by atoms with Crippen LogP contribution >= 0.6 is 0 Å². The van der Waals surface area contributed by atoms with E-state index in [1.165, 1.54) is 0 Å². The third kappa shape index (κ3) is 3.76. The number of piperidine rings is 1. The smallest absolute Gasteiger partial charge is 0.248 e. The van der Waals surface area contributed by atoms with Gasteiger partial charge < -0.3 is 20.3 Å². The van der Waals surface area contributed by atoms with Gasteiger partial charge in [0.2, 0.25) is 17.7 Å². The van der Waals surface area contributed by atoms with Crippen molar-refractivity contribution in [3.8, 4) is 0 Å². The van der Waals surface area contributed by atoms with Gasteiger partial charge in [0.15, 0.2) is 6.10 Å². The van der Waals surface area contributed by atoms with Crippen molar-refractivity contribution in [1.82, 2.24) is 9.80 Å². The molecule has 2 atom stereocenters. The van der Waals surface area contributed by atoms with Crippen molar-refractivity contribution < 1.29 is 19.1 Å². The molecule has 0 radical (unpaired) electrons. The van der Waals surface area contributed by atoms with E-state index in [4.69, 9.17) is 10.5 Å². The van der Waals surface area contributed by atoms with E-state index in [0.717, 1.165) is 19.3 Å². The lowest BCUT2D eigenvalue weighted by Crippen LogP contribution is -2.57. The van der Waals surface area contributed by atoms with E-state index >= 15 is 0 Å². The van der Waals surface area contributed by atoms with Crippen LogP contribution in [0.5, 0.6) is 0 Å². The first kappa shape index (κ1) is 16.7. The molecule has 0 aliphatic carbocycles. The average Bonchev–Trinajstić information content (AvgIpc) is 2.54. The minimum atomic E-state index is -0.749. The molecule has 0 bridgehead atoms. The Morgan fingerprint density at radius 1 is 1.23 bits per heavy atom. The molecule has 2 saturated heterocycles. The predicted molar refractivity (Wildman–Crippen MR) is 79.8 cm³/mol. The highest BCUT2D eigenvalue weighted by Crippen LogP contribution is 2.21. The van der Waals surface area contributed by atoms with Crippen LogP contribution in [0.4, 0.5) is 0 Å². The van der Waals surface area contributed by atoms with Crippen molar-refractivity contribution in [1.29, 1.82) is 0 Å². The first-order valence-electron chi connectivity index (χ1n) is 8.03. The normalized spacial score (nSPS) is 25.9. The van der Waals surface area contributed by atoms with Gasteiger partial charge in [-0.25, -0.2) is 0 Å². The number of primary amides is 1. The van der Waals surface area contributed by atoms with Gasteiger partial charge in [-0.3, -0.25) is 14.4 Å². The molecule has 0 spiro atoms. The van der Waals surface area contributed by atoms with E-state index in [0.29, 0.717) is 32.5 Å². The lowest BCUT2D eigenvalue weighted by Gasteiger charge is -2.40. The highest BCUT2D eigenvalue weighted by Gasteiger charge is 2.37. The zero-order chi connectivity index (χ0) is 16.1. The number of amides is 3. The van der Waals surface area contributed by atoms with Crippen molar-refractivity contribution in [2.24, 2.45) is 5.73 Å². The summed E-state index contributed by atoms with van der Waals surface area (Å²) < 4.78 is 5.27. The van der Waals surface area contributed by atoms with Crippen LogP contribution < -0.4 is 5.73 Å². The number of carbonyl (C=O) groups is 3. The number of rotatable bonds is 4. The molecule has 2 aliphatic heterocycles. The first-order chi connectivity index (χ1) is 10.5. The highest BCUT2D eigenvalue weighted by molar-refractivity contribution is 5.88. The minimum Gasteiger partial charge on any atom is -0.367 e. The molecule has 7 heteroatoms. The van der Waals surface area contributed by atoms with Crippen molar-refractivity contribution in [3.05, 3.63) is 0 Å². The summed E-state index contributed by atoms with van der Waals surface area (Å²) >= 11 is 0. The molecule has 2 unspecified atom stereocenters. The standard InChI is InChI=1S/C15H25N3O4/c1-2-5-13(19)18-7-4-3-6-11(18)15(21)17-8-9-22-12(10-17)14(16)20/h11-12H,2-10H2,1H3,(H2,16,20). The van der Waals surface area contributed by atoms with Gasteiger partial charge in [-0.1, -0.05) is 6.92 Å². The topological polar surface area (TPSA) is 92.9 Å². The van der Waals surface area contributed by atoms with E-state index in [-0.39, 0.29) is 18.4 Å². The van der Waals surface area contributed by atoms with Crippen molar-refractivity contribution >= 4 is 17.7 Å². The molecule has 124 valence electrons. The number of nitrogens with zero attached hydrogens (tertiary/aromatic N) is 2. The minimum absolute atomic E-state index is 0.0419. The number of hydrogen-bond acceptors (Lipinski definition) is 4. The van der Waals surface area contributed by atoms with Crippen LogP contribution in [0.25, 0.3) is 0 Å². The van der Waals surface area contributed by atoms with Crippen LogP contribution in [0.3, 0.4) is 0 Å². The third-order valence-electron chi connectivity index (χ3n) is 4.27. The van der Waals surface area contributed by atoms with E-state index in [1.54, 1.807) is 9.80 Å². The molecule has 3 amide bonds. The molecular weight excluding hydrogens is 286 g/mol. The Morgan fingerprint density at radius 2 is 2.00 bits per heavy atom. The molecule has 0 aromatic heterocycles. The number of likely N-dealkylation sites (tertiary alicyclic amines) is 1. The molecule has 0 aromatic carbocycles. The van der Waals surface area contributed by atoms with E-state index in [1.807, 2.05) is 6.92 Å². The average molecular weight is 311 g/mol. The van der Waals surface area contributed by atoms with Gasteiger partial charge in [0.05, 0.1) is 13.2 Å². The second-order valence-corrected chi connectivity index (χ2v) is 5.89. The quantitative estimate of drug-likeness (QED) is 0.783. The molecule has 0 aromatic rings. The first-order valence-corrected chi connectivity index (χ1v) is 8.03. The monoisotopic (exact) mass is 311 g/mol. The van der Waals surface area contributed by atoms with Gasteiger partial charge in [-0.15, -0.1) is 0 Å². The largest absolute Gasteiger partial charge is 0.367 e. The molecule has 2 fully saturated rings. The molecule has 2 rings (SSSR count). The molecule has 2 N–H and O–H groups in total. The van der Waals surface area contributed by atoms with Crippen molar-refractivity contribution in [3.63, 3.8) is 0 Å². The Labute approximate surface area is 130 Å². The molecule has 2 heterocycles. The third-order valence-corrected chi connectivity index (χ3v) is 4.27. The summed E-state index contributed by atoms with van der Waals surface area (Å²) in [5, 5.41) is 0. The SMILES string of the molecule is CCCC(=O)N1CCCCC1C(=O)N1CCOC(C(N)=O)C1. The molecule has 7 nitrogen and oxygen atoms in total. The van der Waals surface area contributed by atoms with Gasteiger partial charge in [-0.05, 0) is 25.7 Å². The maximum atomic E-state index is 12.8. The van der Waals surface area contributed by atoms with Crippen molar-refractivity contribution in [2.45, 2.75) is 51.2 Å². The predicted octanol–water partition coefficient (Wildman–Crippen LogP) is -0.120. The molecule has 22 heavy (non-hydrogen) atoms. The van der Waals surface area contributed by atoms with Crippen LogP contribution in [0, 0.1) is 0 Å². The Morgan fingerprint density at radius 3 is 2.68 bits per heavy atom. The summed E-state index contributed by atoms with van der Waals surface area (Å²) in [6.45, 7) is 3.52. The number of ether oxygens (including phenoxy) is 1. The van der Waals surface area contributed by atoms with Gasteiger partial charge in [0.1, 0.15) is 6.04 Å². The Kier molecular flexibility index (Phi) is 5.76. The number of carbonyl (C=O) groups excluding carboxylic acids is 3. The second-order valence-electron chi connectivity index (χ2n) is 5.89. The summed E-state index contributed by atoms with van der Waals surface area (Å²) in [6.07, 6.45) is 3.06. The summed E-state index contributed by atoms with van der Waals surface area (Å²) in [7, 11) is 0. The van der Waals surface area contributed by atoms with Crippen LogP contribution in [0.1, 0.15) is 39.0 Å². The maximum Gasteiger partial charge on any atom is 0.248 e. The zero-order valence-corrected chi connectivity index (χ0v) is 13.1. The molecule has 0 saturated carbocycles. The summed E-state index contributed by atoms with van der Waals surface area (Å²) in [4.78, 5) is 39.6. The second kappa shape index (κ2) is 7.58. The molecular formula is C15H25N3O4. The summed E-state index contributed by atoms with van der Waals surface area (Å²) in [5.74, 6) is -0.598. The molecule has 2 aliphatic rings. The summed E-state index contributed by atoms with van der Waals surface area (Å²) in [6, 6.07) is -0.403. The fourth-order valence-electron chi connectivity index (χ4n) is 3.08. The van der Waals surface area contributed by atoms with Crippen LogP contribution in [-0.2, 0) is 19.1 Å². The van der Waals surface area contributed by atoms with E-state index < -0.39 is 18.1 Å². The fraction of sp³-hybridized carbons (Fsp3) is 0.800. The number of hydrogen-bond donors (Lipinski definition) is 1. The van der Waals surface area contributed by atoms with Crippen molar-refractivity contribution in [2.75, 3.05) is 26.2 Å². The van der Waals surface area contributed by atoms with Gasteiger partial charge in [0, 0.05) is 19.5 Å². The zero-order valence-electron chi connectivity index (χ0n) is 13.1. The van der Waals surface area contributed by atoms with Gasteiger partial charge >= 0.3 is 0 Å². The number of morpholine rings is 1. The Bertz CT molecular complexity index is 441. The van der Waals surface area contributed by atoms with Crippen LogP contribution in [0.15, 0.2) is 0 Å². The maximum absolute atomic E-state index is 12.8. The van der Waals surface area contributed by atoms with Crippen LogP contribution in [-0.4, -0.2) is 65.9 Å². The van der Waals surface area contributed by atoms with Gasteiger partial charge in [-0.2, -0.15) is 0 Å². The van der Waals surface area contributed by atoms with Crippen LogP contribution in [0.2, 0.25) is 0 Å². The van der Waals surface area contributed by atoms with E-state index in [2.05, 4.69) is 0 Å². The Balaban J connectivity index is 2.05. The fourth-order valence-corrected chi connectivity index (χ4v) is 3.08. The van der Waals surface area contributed by atoms with E-state index in [9.17, 15) is 14.4 Å². The lowest BCUT2D eigenvalue weighted by atomic mass is 9.99. The lowest BCUT2D eigenvalue weighted by molar-refractivity contribution is -0.155. The number of nitrogens with two attached hydrogens (primary N) is 1. The Hall–Kier alpha value is -1.63. The highest BCUT2D eigenvalue weighted by atomic mass is 16.5. The summed E-state index contributed by atoms with van der Waals surface area (Å²) in [5.41, 5.74) is 5.26.